The summed E-state index contributed by atoms with van der Waals surface area (Å²) in [6.45, 7) is 7.56. The molecule has 10 nitrogen and oxygen atoms in total. The van der Waals surface area contributed by atoms with E-state index in [0.29, 0.717) is 18.0 Å². The maximum Gasteiger partial charge on any atom is 0.269 e. The number of ether oxygens (including phenoxy) is 4. The zero-order chi connectivity index (χ0) is 36.4. The summed E-state index contributed by atoms with van der Waals surface area (Å²) in [6.07, 6.45) is 2.31. The van der Waals surface area contributed by atoms with Gasteiger partial charge in [-0.2, -0.15) is 0 Å². The third-order valence-corrected chi connectivity index (χ3v) is 15.2. The SMILES string of the molecule is COc1ccc([Si](C)(C)C(CCn2cc(C(CO)c3ccccc3)nn2)[C@@H]2Oc3ccc(N4C(=O)COc5ccccc54)cc3[C@H](OC)[C@H]2C)cc1. The molecular formula is C41H46N4O6Si. The van der Waals surface area contributed by atoms with Crippen molar-refractivity contribution in [1.82, 2.24) is 15.0 Å². The van der Waals surface area contributed by atoms with Crippen LogP contribution >= 0.6 is 0 Å². The molecule has 0 saturated heterocycles. The van der Waals surface area contributed by atoms with Crippen molar-refractivity contribution in [3.63, 3.8) is 0 Å². The number of aliphatic hydroxyl groups excluding tert-OH is 1. The van der Waals surface area contributed by atoms with Gasteiger partial charge in [0.15, 0.2) is 6.61 Å². The fourth-order valence-electron chi connectivity index (χ4n) is 7.97. The van der Waals surface area contributed by atoms with E-state index in [9.17, 15) is 9.90 Å². The molecule has 0 aliphatic carbocycles. The summed E-state index contributed by atoms with van der Waals surface area (Å²) in [4.78, 5) is 14.9. The first kappa shape index (κ1) is 35.4. The van der Waals surface area contributed by atoms with Gasteiger partial charge in [0.1, 0.15) is 23.4 Å². The smallest absolute Gasteiger partial charge is 0.269 e. The van der Waals surface area contributed by atoms with Crippen molar-refractivity contribution in [1.29, 1.82) is 0 Å². The van der Waals surface area contributed by atoms with E-state index in [0.717, 1.165) is 40.4 Å². The minimum atomic E-state index is -2.26. The number of benzene rings is 4. The molecule has 7 rings (SSSR count). The average molecular weight is 719 g/mol. The Morgan fingerprint density at radius 2 is 1.71 bits per heavy atom. The number of hydrogen-bond donors (Lipinski definition) is 1. The molecule has 3 heterocycles. The number of aliphatic hydroxyl groups is 1. The monoisotopic (exact) mass is 718 g/mol. The normalized spacial score (nSPS) is 19.5. The standard InChI is InChI=1S/C41H46N4O6Si/c1-27-40(49-3)32-23-29(45-35-13-9-10-14-37(35)50-26-39(45)47)15-20-36(32)51-41(27)38(52(4,5)31-18-16-30(48-2)17-19-31)21-22-44-24-34(42-43-44)33(25-46)28-11-7-6-8-12-28/h6-20,23-24,27,33,38,40-41,46H,21-22,25-26H2,1-5H3/t27-,33?,38?,40-,41-/m1/s1. The number of amides is 1. The fourth-order valence-corrected chi connectivity index (χ4v) is 11.5. The Hall–Kier alpha value is -4.97. The maximum atomic E-state index is 13.2. The molecule has 0 spiro atoms. The molecule has 2 aliphatic heterocycles. The van der Waals surface area contributed by atoms with E-state index >= 15 is 0 Å². The van der Waals surface area contributed by atoms with Crippen LogP contribution < -0.4 is 24.3 Å². The summed E-state index contributed by atoms with van der Waals surface area (Å²) in [5.74, 6) is 1.86. The number of rotatable bonds is 12. The van der Waals surface area contributed by atoms with Gasteiger partial charge in [0, 0.05) is 37.0 Å². The van der Waals surface area contributed by atoms with Crippen molar-refractivity contribution < 1.29 is 28.8 Å². The number of nitrogens with zero attached hydrogens (tertiary/aromatic N) is 4. The molecule has 270 valence electrons. The Balaban J connectivity index is 1.21. The predicted molar refractivity (Wildman–Crippen MR) is 203 cm³/mol. The second-order valence-corrected chi connectivity index (χ2v) is 19.0. The molecule has 2 aliphatic rings. The highest BCUT2D eigenvalue weighted by atomic mass is 28.3. The lowest BCUT2D eigenvalue weighted by atomic mass is 9.86. The van der Waals surface area contributed by atoms with Gasteiger partial charge in [0.2, 0.25) is 0 Å². The Kier molecular flexibility index (Phi) is 10.2. The third-order valence-electron chi connectivity index (χ3n) is 10.9. The summed E-state index contributed by atoms with van der Waals surface area (Å²) >= 11 is 0. The Morgan fingerprint density at radius 3 is 2.44 bits per heavy atom. The largest absolute Gasteiger partial charge is 0.497 e. The summed E-state index contributed by atoms with van der Waals surface area (Å²) in [5, 5.41) is 20.6. The number of anilines is 2. The number of aromatic nitrogens is 3. The summed E-state index contributed by atoms with van der Waals surface area (Å²) < 4.78 is 26.4. The number of carbonyl (C=O) groups is 1. The van der Waals surface area contributed by atoms with Crippen molar-refractivity contribution in [3.8, 4) is 17.2 Å². The first-order valence-corrected chi connectivity index (χ1v) is 20.9. The minimum absolute atomic E-state index is 0.0152. The van der Waals surface area contributed by atoms with Crippen LogP contribution in [-0.2, 0) is 16.1 Å². The molecule has 4 aromatic carbocycles. The molecule has 0 radical (unpaired) electrons. The van der Waals surface area contributed by atoms with Gasteiger partial charge in [0.25, 0.3) is 5.91 Å². The van der Waals surface area contributed by atoms with Crippen molar-refractivity contribution >= 4 is 30.5 Å². The lowest BCUT2D eigenvalue weighted by Gasteiger charge is -2.46. The maximum absolute atomic E-state index is 13.2. The molecule has 2 unspecified atom stereocenters. The van der Waals surface area contributed by atoms with Gasteiger partial charge in [0.05, 0.1) is 45.2 Å². The van der Waals surface area contributed by atoms with E-state index in [4.69, 9.17) is 18.9 Å². The zero-order valence-electron chi connectivity index (χ0n) is 30.3. The number of methoxy groups -OCH3 is 2. The topological polar surface area (TPSA) is 108 Å². The van der Waals surface area contributed by atoms with Gasteiger partial charge in [-0.3, -0.25) is 14.4 Å². The molecule has 5 aromatic rings. The van der Waals surface area contributed by atoms with Crippen LogP contribution in [0.15, 0.2) is 103 Å². The molecule has 11 heteroatoms. The molecule has 5 atom stereocenters. The first-order chi connectivity index (χ1) is 25.2. The van der Waals surface area contributed by atoms with Gasteiger partial charge in [-0.1, -0.05) is 85.0 Å². The number of fused-ring (bicyclic) bond motifs is 2. The van der Waals surface area contributed by atoms with Gasteiger partial charge >= 0.3 is 0 Å². The first-order valence-electron chi connectivity index (χ1n) is 17.8. The molecule has 52 heavy (non-hydrogen) atoms. The van der Waals surface area contributed by atoms with E-state index in [2.05, 4.69) is 42.5 Å². The van der Waals surface area contributed by atoms with E-state index in [1.165, 1.54) is 5.19 Å². The van der Waals surface area contributed by atoms with Gasteiger partial charge in [-0.25, -0.2) is 0 Å². The quantitative estimate of drug-likeness (QED) is 0.143. The highest BCUT2D eigenvalue weighted by Crippen LogP contribution is 2.49. The lowest BCUT2D eigenvalue weighted by molar-refractivity contribution is -0.120. The molecule has 1 amide bonds. The minimum Gasteiger partial charge on any atom is -0.497 e. The summed E-state index contributed by atoms with van der Waals surface area (Å²) in [7, 11) is 1.18. The highest BCUT2D eigenvalue weighted by Gasteiger charge is 2.47. The highest BCUT2D eigenvalue weighted by molar-refractivity contribution is 6.91. The molecular weight excluding hydrogens is 673 g/mol. The molecule has 0 fully saturated rings. The fraction of sp³-hybridized carbons (Fsp3) is 0.341. The van der Waals surface area contributed by atoms with Crippen molar-refractivity contribution in [2.24, 2.45) is 5.92 Å². The number of para-hydroxylation sites is 2. The summed E-state index contributed by atoms with van der Waals surface area (Å²) in [6, 6.07) is 31.9. The predicted octanol–water partition coefficient (Wildman–Crippen LogP) is 6.63. The van der Waals surface area contributed by atoms with Crippen LogP contribution in [0, 0.1) is 5.92 Å². The average Bonchev–Trinajstić information content (AvgIpc) is 3.64. The molecule has 0 saturated carbocycles. The Morgan fingerprint density at radius 1 is 0.962 bits per heavy atom. The third kappa shape index (κ3) is 6.71. The molecule has 1 N–H and O–H groups in total. The second kappa shape index (κ2) is 14.9. The number of aryl methyl sites for hydroxylation is 1. The Labute approximate surface area is 305 Å². The van der Waals surface area contributed by atoms with E-state index < -0.39 is 8.07 Å². The zero-order valence-corrected chi connectivity index (χ0v) is 31.3. The van der Waals surface area contributed by atoms with Crippen molar-refractivity contribution in [2.75, 3.05) is 32.3 Å². The molecule has 1 aromatic heterocycles. The van der Waals surface area contributed by atoms with Crippen LogP contribution in [0.2, 0.25) is 18.6 Å². The lowest BCUT2D eigenvalue weighted by Crippen LogP contribution is -2.54. The van der Waals surface area contributed by atoms with Crippen LogP contribution in [0.1, 0.15) is 42.2 Å². The van der Waals surface area contributed by atoms with Crippen LogP contribution in [0.25, 0.3) is 0 Å². The Bertz CT molecular complexity index is 2000. The van der Waals surface area contributed by atoms with Gasteiger partial charge in [-0.05, 0) is 60.0 Å². The van der Waals surface area contributed by atoms with Crippen LogP contribution in [0.3, 0.4) is 0 Å². The second-order valence-electron chi connectivity index (χ2n) is 14.2. The van der Waals surface area contributed by atoms with Crippen molar-refractivity contribution in [2.45, 2.75) is 56.7 Å². The van der Waals surface area contributed by atoms with Gasteiger partial charge < -0.3 is 24.1 Å². The van der Waals surface area contributed by atoms with E-state index in [1.807, 2.05) is 95.8 Å². The van der Waals surface area contributed by atoms with Crippen LogP contribution in [0.4, 0.5) is 11.4 Å². The van der Waals surface area contributed by atoms with Gasteiger partial charge in [-0.15, -0.1) is 5.10 Å². The van der Waals surface area contributed by atoms with Crippen LogP contribution in [-0.4, -0.2) is 67.6 Å². The summed E-state index contributed by atoms with van der Waals surface area (Å²) in [5.41, 5.74) is 4.27. The number of hydrogen-bond acceptors (Lipinski definition) is 8. The van der Waals surface area contributed by atoms with E-state index in [-0.39, 0.29) is 48.7 Å². The molecule has 0 bridgehead atoms. The van der Waals surface area contributed by atoms with Crippen molar-refractivity contribution in [3.05, 3.63) is 120 Å². The van der Waals surface area contributed by atoms with E-state index in [1.54, 1.807) is 19.1 Å². The number of carbonyl (C=O) groups excluding carboxylic acids is 1. The van der Waals surface area contributed by atoms with Crippen LogP contribution in [0.5, 0.6) is 17.2 Å².